The van der Waals surface area contributed by atoms with Crippen LogP contribution in [0.15, 0.2) is 18.2 Å². The van der Waals surface area contributed by atoms with E-state index in [2.05, 4.69) is 5.32 Å². The number of nitrogens with one attached hydrogen (secondary N) is 1. The van der Waals surface area contributed by atoms with E-state index in [1.165, 1.54) is 0 Å². The van der Waals surface area contributed by atoms with Gasteiger partial charge in [-0.05, 0) is 32.5 Å². The number of Topliss-reactive ketones (excluding diaryl/α,β-unsaturated/α-hetero) is 1. The summed E-state index contributed by atoms with van der Waals surface area (Å²) in [7, 11) is 1.73. The summed E-state index contributed by atoms with van der Waals surface area (Å²) >= 11 is 0. The molecule has 1 aliphatic heterocycles. The normalized spacial score (nSPS) is 14.2. The van der Waals surface area contributed by atoms with Crippen LogP contribution in [0.25, 0.3) is 0 Å². The molecule has 0 fully saturated rings. The number of amides is 1. The molecule has 0 aromatic heterocycles. The van der Waals surface area contributed by atoms with Crippen LogP contribution in [-0.4, -0.2) is 36.2 Å². The summed E-state index contributed by atoms with van der Waals surface area (Å²) in [4.78, 5) is 25.8. The Morgan fingerprint density at radius 1 is 1.44 bits per heavy atom. The Hall–Kier alpha value is -1.68. The first-order valence-electron chi connectivity index (χ1n) is 6.16. The number of carbonyl (C=O) groups excluding carboxylic acids is 2. The van der Waals surface area contributed by atoms with Crippen molar-refractivity contribution in [2.24, 2.45) is 0 Å². The fraction of sp³-hybridized carbons (Fsp3) is 0.429. The van der Waals surface area contributed by atoms with Crippen LogP contribution in [0.2, 0.25) is 0 Å². The molecule has 0 saturated carbocycles. The smallest absolute Gasteiger partial charge is 0.254 e. The summed E-state index contributed by atoms with van der Waals surface area (Å²) in [6.07, 6.45) is 0. The predicted molar refractivity (Wildman–Crippen MR) is 69.7 cm³/mol. The second-order valence-corrected chi connectivity index (χ2v) is 4.85. The topological polar surface area (TPSA) is 49.4 Å². The van der Waals surface area contributed by atoms with Crippen LogP contribution >= 0.6 is 0 Å². The van der Waals surface area contributed by atoms with Gasteiger partial charge in [-0.2, -0.15) is 0 Å². The summed E-state index contributed by atoms with van der Waals surface area (Å²) in [5.41, 5.74) is 2.28. The fourth-order valence-electron chi connectivity index (χ4n) is 2.18. The SMILES string of the molecule is CNCC(=O)c1ccc2c(c1)C(=O)N(C(C)C)C2. The Morgan fingerprint density at radius 3 is 2.78 bits per heavy atom. The van der Waals surface area contributed by atoms with Gasteiger partial charge in [-0.1, -0.05) is 12.1 Å². The van der Waals surface area contributed by atoms with Gasteiger partial charge in [0.2, 0.25) is 0 Å². The zero-order valence-corrected chi connectivity index (χ0v) is 11.0. The third-order valence-corrected chi connectivity index (χ3v) is 3.22. The Kier molecular flexibility index (Phi) is 3.48. The van der Waals surface area contributed by atoms with Crippen molar-refractivity contribution in [3.8, 4) is 0 Å². The predicted octanol–water partition coefficient (Wildman–Crippen LogP) is 1.45. The second-order valence-electron chi connectivity index (χ2n) is 4.85. The van der Waals surface area contributed by atoms with Crippen molar-refractivity contribution >= 4 is 11.7 Å². The molecule has 0 bridgehead atoms. The van der Waals surface area contributed by atoms with Gasteiger partial charge in [0.1, 0.15) is 0 Å². The molecule has 18 heavy (non-hydrogen) atoms. The first kappa shape index (κ1) is 12.8. The molecular formula is C14H18N2O2. The Morgan fingerprint density at radius 2 is 2.17 bits per heavy atom. The zero-order valence-electron chi connectivity index (χ0n) is 11.0. The molecule has 1 aromatic carbocycles. The molecule has 4 nitrogen and oxygen atoms in total. The van der Waals surface area contributed by atoms with Crippen molar-refractivity contribution in [2.75, 3.05) is 13.6 Å². The summed E-state index contributed by atoms with van der Waals surface area (Å²) in [6, 6.07) is 5.59. The van der Waals surface area contributed by atoms with Crippen molar-refractivity contribution < 1.29 is 9.59 Å². The highest BCUT2D eigenvalue weighted by Gasteiger charge is 2.29. The summed E-state index contributed by atoms with van der Waals surface area (Å²) in [6.45, 7) is 4.93. The van der Waals surface area contributed by atoms with E-state index in [-0.39, 0.29) is 17.7 Å². The first-order valence-corrected chi connectivity index (χ1v) is 6.16. The maximum absolute atomic E-state index is 12.2. The third-order valence-electron chi connectivity index (χ3n) is 3.22. The number of ketones is 1. The lowest BCUT2D eigenvalue weighted by atomic mass is 10.0. The van der Waals surface area contributed by atoms with Crippen molar-refractivity contribution in [1.29, 1.82) is 0 Å². The third kappa shape index (κ3) is 2.16. The van der Waals surface area contributed by atoms with Gasteiger partial charge in [0, 0.05) is 23.7 Å². The summed E-state index contributed by atoms with van der Waals surface area (Å²) in [5, 5.41) is 2.83. The Bertz CT molecular complexity index is 495. The van der Waals surface area contributed by atoms with Gasteiger partial charge in [0.25, 0.3) is 5.91 Å². The second kappa shape index (κ2) is 4.90. The van der Waals surface area contributed by atoms with Gasteiger partial charge in [0.15, 0.2) is 5.78 Å². The Labute approximate surface area is 107 Å². The number of nitrogens with zero attached hydrogens (tertiary/aromatic N) is 1. The molecule has 1 aliphatic rings. The van der Waals surface area contributed by atoms with E-state index in [1.54, 1.807) is 19.2 Å². The number of rotatable bonds is 4. The van der Waals surface area contributed by atoms with Gasteiger partial charge in [0.05, 0.1) is 6.54 Å². The van der Waals surface area contributed by atoms with Gasteiger partial charge in [-0.25, -0.2) is 0 Å². The minimum atomic E-state index is 0.0103. The molecule has 0 saturated heterocycles. The standard InChI is InChI=1S/C14H18N2O2/c1-9(2)16-8-11-5-4-10(13(17)7-15-3)6-12(11)14(16)18/h4-6,9,15H,7-8H2,1-3H3. The van der Waals surface area contributed by atoms with Crippen LogP contribution in [0.3, 0.4) is 0 Å². The van der Waals surface area contributed by atoms with E-state index < -0.39 is 0 Å². The lowest BCUT2D eigenvalue weighted by Crippen LogP contribution is -2.30. The van der Waals surface area contributed by atoms with Gasteiger partial charge in [-0.3, -0.25) is 9.59 Å². The van der Waals surface area contributed by atoms with E-state index in [4.69, 9.17) is 0 Å². The van der Waals surface area contributed by atoms with Gasteiger partial charge in [-0.15, -0.1) is 0 Å². The van der Waals surface area contributed by atoms with E-state index in [1.807, 2.05) is 24.8 Å². The average molecular weight is 246 g/mol. The van der Waals surface area contributed by atoms with Crippen molar-refractivity contribution in [3.63, 3.8) is 0 Å². The monoisotopic (exact) mass is 246 g/mol. The molecule has 1 aromatic rings. The van der Waals surface area contributed by atoms with E-state index in [0.717, 1.165) is 5.56 Å². The largest absolute Gasteiger partial charge is 0.332 e. The molecule has 2 rings (SSSR count). The molecule has 1 N–H and O–H groups in total. The van der Waals surface area contributed by atoms with E-state index in [9.17, 15) is 9.59 Å². The number of benzene rings is 1. The van der Waals surface area contributed by atoms with E-state index >= 15 is 0 Å². The number of hydrogen-bond donors (Lipinski definition) is 1. The molecule has 0 atom stereocenters. The number of likely N-dealkylation sites (N-methyl/N-ethyl adjacent to an activating group) is 1. The molecule has 0 aliphatic carbocycles. The summed E-state index contributed by atoms with van der Waals surface area (Å²) in [5.74, 6) is 0.0372. The number of hydrogen-bond acceptors (Lipinski definition) is 3. The van der Waals surface area contributed by atoms with Crippen LogP contribution in [0.1, 0.15) is 40.1 Å². The lowest BCUT2D eigenvalue weighted by Gasteiger charge is -2.19. The highest BCUT2D eigenvalue weighted by molar-refractivity contribution is 6.03. The van der Waals surface area contributed by atoms with E-state index in [0.29, 0.717) is 24.2 Å². The molecule has 0 unspecified atom stereocenters. The maximum atomic E-state index is 12.2. The minimum absolute atomic E-state index is 0.0103. The number of fused-ring (bicyclic) bond motifs is 1. The van der Waals surface area contributed by atoms with Crippen molar-refractivity contribution in [1.82, 2.24) is 10.2 Å². The fourth-order valence-corrected chi connectivity index (χ4v) is 2.18. The molecule has 0 spiro atoms. The lowest BCUT2D eigenvalue weighted by molar-refractivity contribution is 0.0730. The summed E-state index contributed by atoms with van der Waals surface area (Å²) < 4.78 is 0. The molecule has 1 heterocycles. The van der Waals surface area contributed by atoms with Crippen LogP contribution in [-0.2, 0) is 6.54 Å². The van der Waals surface area contributed by atoms with Crippen LogP contribution in [0.5, 0.6) is 0 Å². The quantitative estimate of drug-likeness (QED) is 0.818. The first-order chi connectivity index (χ1) is 8.54. The van der Waals surface area contributed by atoms with Gasteiger partial charge < -0.3 is 10.2 Å². The number of carbonyl (C=O) groups is 2. The molecular weight excluding hydrogens is 228 g/mol. The minimum Gasteiger partial charge on any atom is -0.332 e. The molecule has 0 radical (unpaired) electrons. The highest BCUT2D eigenvalue weighted by atomic mass is 16.2. The van der Waals surface area contributed by atoms with Crippen LogP contribution in [0, 0.1) is 0 Å². The van der Waals surface area contributed by atoms with Crippen molar-refractivity contribution in [3.05, 3.63) is 34.9 Å². The molecule has 96 valence electrons. The van der Waals surface area contributed by atoms with Gasteiger partial charge >= 0.3 is 0 Å². The molecule has 4 heteroatoms. The maximum Gasteiger partial charge on any atom is 0.254 e. The Balaban J connectivity index is 2.30. The highest BCUT2D eigenvalue weighted by Crippen LogP contribution is 2.25. The van der Waals surface area contributed by atoms with Crippen LogP contribution in [0.4, 0.5) is 0 Å². The van der Waals surface area contributed by atoms with Crippen LogP contribution < -0.4 is 5.32 Å². The zero-order chi connectivity index (χ0) is 13.3. The average Bonchev–Trinajstić information content (AvgIpc) is 2.67. The van der Waals surface area contributed by atoms with Crippen molar-refractivity contribution in [2.45, 2.75) is 26.4 Å². The molecule has 1 amide bonds.